The fourth-order valence-corrected chi connectivity index (χ4v) is 4.31. The van der Waals surface area contributed by atoms with Crippen LogP contribution in [-0.2, 0) is 10.0 Å². The summed E-state index contributed by atoms with van der Waals surface area (Å²) in [6, 6.07) is 0. The van der Waals surface area contributed by atoms with E-state index >= 15 is 0 Å². The Labute approximate surface area is 85.0 Å². The molecule has 0 amide bonds. The minimum atomic E-state index is -3.08. The fourth-order valence-electron chi connectivity index (χ4n) is 2.20. The van der Waals surface area contributed by atoms with Gasteiger partial charge in [-0.05, 0) is 12.8 Å². The number of aliphatic hydroxyl groups excluding tert-OH is 1. The Kier molecular flexibility index (Phi) is 2.81. The Morgan fingerprint density at radius 3 is 2.14 bits per heavy atom. The molecule has 0 unspecified atom stereocenters. The van der Waals surface area contributed by atoms with E-state index in [1.165, 1.54) is 4.31 Å². The van der Waals surface area contributed by atoms with Crippen molar-refractivity contribution in [1.82, 2.24) is 4.31 Å². The molecule has 0 spiro atoms. The van der Waals surface area contributed by atoms with Crippen LogP contribution in [0.15, 0.2) is 0 Å². The Bertz CT molecular complexity index is 289. The predicted molar refractivity (Wildman–Crippen MR) is 53.4 cm³/mol. The van der Waals surface area contributed by atoms with Gasteiger partial charge in [0.25, 0.3) is 0 Å². The molecule has 5 heteroatoms. The number of hydrogen-bond donors (Lipinski definition) is 1. The first-order valence-corrected chi connectivity index (χ1v) is 6.78. The van der Waals surface area contributed by atoms with Gasteiger partial charge in [0.05, 0.1) is 11.4 Å². The van der Waals surface area contributed by atoms with E-state index in [0.717, 1.165) is 32.1 Å². The van der Waals surface area contributed by atoms with E-state index in [9.17, 15) is 8.42 Å². The molecule has 0 atom stereocenters. The Morgan fingerprint density at radius 1 is 1.07 bits per heavy atom. The van der Waals surface area contributed by atoms with E-state index in [4.69, 9.17) is 5.11 Å². The summed E-state index contributed by atoms with van der Waals surface area (Å²) in [4.78, 5) is 0. The first kappa shape index (κ1) is 10.4. The molecule has 0 aromatic carbocycles. The second kappa shape index (κ2) is 3.79. The molecule has 14 heavy (non-hydrogen) atoms. The summed E-state index contributed by atoms with van der Waals surface area (Å²) >= 11 is 0. The van der Waals surface area contributed by atoms with E-state index in [0.29, 0.717) is 13.1 Å². The molecule has 0 radical (unpaired) electrons. The van der Waals surface area contributed by atoms with Crippen LogP contribution in [0, 0.1) is 0 Å². The van der Waals surface area contributed by atoms with Crippen LogP contribution in [0.4, 0.5) is 0 Å². The van der Waals surface area contributed by atoms with Crippen LogP contribution < -0.4 is 0 Å². The van der Waals surface area contributed by atoms with Crippen molar-refractivity contribution < 1.29 is 13.5 Å². The summed E-state index contributed by atoms with van der Waals surface area (Å²) in [7, 11) is -3.08. The van der Waals surface area contributed by atoms with Gasteiger partial charge in [0.15, 0.2) is 0 Å². The number of aliphatic hydroxyl groups is 1. The molecular weight excluding hydrogens is 202 g/mol. The average molecular weight is 219 g/mol. The third-order valence-corrected chi connectivity index (χ3v) is 5.49. The largest absolute Gasteiger partial charge is 0.390 e. The van der Waals surface area contributed by atoms with E-state index in [1.54, 1.807) is 0 Å². The van der Waals surface area contributed by atoms with Crippen molar-refractivity contribution in [1.29, 1.82) is 0 Å². The van der Waals surface area contributed by atoms with E-state index < -0.39 is 16.1 Å². The smallest absolute Gasteiger partial charge is 0.217 e. The van der Waals surface area contributed by atoms with Crippen molar-refractivity contribution >= 4 is 10.0 Å². The van der Waals surface area contributed by atoms with Crippen LogP contribution in [0.25, 0.3) is 0 Å². The van der Waals surface area contributed by atoms with Gasteiger partial charge in [0.1, 0.15) is 0 Å². The van der Waals surface area contributed by atoms with Crippen molar-refractivity contribution in [2.75, 3.05) is 13.1 Å². The predicted octanol–water partition coefficient (Wildman–Crippen LogP) is 0.325. The van der Waals surface area contributed by atoms with Crippen LogP contribution >= 0.6 is 0 Å². The molecule has 0 bridgehead atoms. The van der Waals surface area contributed by atoms with Gasteiger partial charge in [-0.1, -0.05) is 19.3 Å². The molecule has 1 saturated carbocycles. The summed E-state index contributed by atoms with van der Waals surface area (Å²) in [5, 5.41) is 8.90. The van der Waals surface area contributed by atoms with Crippen LogP contribution in [-0.4, -0.2) is 42.3 Å². The zero-order chi connectivity index (χ0) is 10.2. The number of rotatable bonds is 2. The van der Waals surface area contributed by atoms with Crippen molar-refractivity contribution in [3.63, 3.8) is 0 Å². The average Bonchev–Trinajstić information content (AvgIpc) is 2.14. The van der Waals surface area contributed by atoms with Crippen LogP contribution in [0.5, 0.6) is 0 Å². The Morgan fingerprint density at radius 2 is 1.64 bits per heavy atom. The van der Waals surface area contributed by atoms with Gasteiger partial charge in [0.2, 0.25) is 10.0 Å². The molecule has 1 heterocycles. The van der Waals surface area contributed by atoms with Gasteiger partial charge >= 0.3 is 0 Å². The van der Waals surface area contributed by atoms with Crippen LogP contribution in [0.2, 0.25) is 0 Å². The maximum absolute atomic E-state index is 11.9. The monoisotopic (exact) mass is 219 g/mol. The molecule has 2 fully saturated rings. The topological polar surface area (TPSA) is 57.6 Å². The summed E-state index contributed by atoms with van der Waals surface area (Å²) in [5.41, 5.74) is 0. The minimum absolute atomic E-state index is 0.177. The lowest BCUT2D eigenvalue weighted by molar-refractivity contribution is 0.0538. The molecule has 1 N–H and O–H groups in total. The lowest BCUT2D eigenvalue weighted by Gasteiger charge is -2.38. The lowest BCUT2D eigenvalue weighted by atomic mass is 10.0. The number of sulfonamides is 1. The first-order chi connectivity index (χ1) is 6.60. The summed E-state index contributed by atoms with van der Waals surface area (Å²) in [6.45, 7) is 0.609. The molecule has 0 aromatic rings. The molecule has 0 aromatic heterocycles. The van der Waals surface area contributed by atoms with E-state index in [2.05, 4.69) is 0 Å². The summed E-state index contributed by atoms with van der Waals surface area (Å²) in [6.07, 6.45) is 4.38. The number of hydrogen-bond acceptors (Lipinski definition) is 3. The Hall–Kier alpha value is -0.130. The lowest BCUT2D eigenvalue weighted by Crippen LogP contribution is -2.56. The highest BCUT2D eigenvalue weighted by Gasteiger charge is 2.39. The Balaban J connectivity index is 2.00. The SMILES string of the molecule is O=S(=O)(C1CCCCC1)N1CC(O)C1. The van der Waals surface area contributed by atoms with Crippen LogP contribution in [0.1, 0.15) is 32.1 Å². The maximum atomic E-state index is 11.9. The fraction of sp³-hybridized carbons (Fsp3) is 1.00. The van der Waals surface area contributed by atoms with Crippen LogP contribution in [0.3, 0.4) is 0 Å². The van der Waals surface area contributed by atoms with Crippen molar-refractivity contribution in [2.24, 2.45) is 0 Å². The second-order valence-corrected chi connectivity index (χ2v) is 6.49. The van der Waals surface area contributed by atoms with Gasteiger partial charge in [-0.15, -0.1) is 0 Å². The molecule has 1 saturated heterocycles. The quantitative estimate of drug-likeness (QED) is 0.728. The highest BCUT2D eigenvalue weighted by atomic mass is 32.2. The second-order valence-electron chi connectivity index (χ2n) is 4.28. The standard InChI is InChI=1S/C9H17NO3S/c11-8-6-10(7-8)14(12,13)9-4-2-1-3-5-9/h8-9,11H,1-7H2. The normalized spacial score (nSPS) is 27.5. The summed E-state index contributed by atoms with van der Waals surface area (Å²) in [5.74, 6) is 0. The molecule has 82 valence electrons. The highest BCUT2D eigenvalue weighted by molar-refractivity contribution is 7.89. The highest BCUT2D eigenvalue weighted by Crippen LogP contribution is 2.28. The van der Waals surface area contributed by atoms with Crippen molar-refractivity contribution in [2.45, 2.75) is 43.5 Å². The van der Waals surface area contributed by atoms with Gasteiger partial charge in [-0.25, -0.2) is 8.42 Å². The molecule has 1 aliphatic carbocycles. The molecule has 2 rings (SSSR count). The first-order valence-electron chi connectivity index (χ1n) is 5.28. The zero-order valence-corrected chi connectivity index (χ0v) is 9.04. The third-order valence-electron chi connectivity index (χ3n) is 3.16. The third kappa shape index (κ3) is 1.81. The maximum Gasteiger partial charge on any atom is 0.217 e. The molecule has 1 aliphatic heterocycles. The number of β-amino-alcohol motifs (C(OH)–C–C–N with tert-alkyl or cyclic N) is 1. The molecular formula is C9H17NO3S. The molecule has 4 nitrogen and oxygen atoms in total. The van der Waals surface area contributed by atoms with E-state index in [-0.39, 0.29) is 5.25 Å². The summed E-state index contributed by atoms with van der Waals surface area (Å²) < 4.78 is 25.3. The van der Waals surface area contributed by atoms with Crippen molar-refractivity contribution in [3.05, 3.63) is 0 Å². The zero-order valence-electron chi connectivity index (χ0n) is 8.22. The number of nitrogens with zero attached hydrogens (tertiary/aromatic N) is 1. The minimum Gasteiger partial charge on any atom is -0.390 e. The van der Waals surface area contributed by atoms with Gasteiger partial charge < -0.3 is 5.11 Å². The van der Waals surface area contributed by atoms with Gasteiger partial charge in [0, 0.05) is 13.1 Å². The van der Waals surface area contributed by atoms with Crippen molar-refractivity contribution in [3.8, 4) is 0 Å². The van der Waals surface area contributed by atoms with Gasteiger partial charge in [-0.3, -0.25) is 0 Å². The molecule has 2 aliphatic rings. The van der Waals surface area contributed by atoms with Gasteiger partial charge in [-0.2, -0.15) is 4.31 Å². The van der Waals surface area contributed by atoms with E-state index in [1.807, 2.05) is 0 Å².